The molecule has 7 heteroatoms. The SMILES string of the molecule is Cc1cc(N2CCC(c3ccccc3)C2)cn2nc(C34CC(CO)(CO3)C4C#N)nc12. The van der Waals surface area contributed by atoms with Gasteiger partial charge in [-0.2, -0.15) is 5.26 Å². The molecule has 3 aromatic rings. The van der Waals surface area contributed by atoms with E-state index in [0.29, 0.717) is 24.8 Å². The summed E-state index contributed by atoms with van der Waals surface area (Å²) in [7, 11) is 0. The molecular formula is C24H25N5O2. The van der Waals surface area contributed by atoms with Gasteiger partial charge >= 0.3 is 0 Å². The van der Waals surface area contributed by atoms with Crippen LogP contribution >= 0.6 is 0 Å². The van der Waals surface area contributed by atoms with Crippen LogP contribution in [0.5, 0.6) is 0 Å². The number of aliphatic hydroxyl groups excluding tert-OH is 1. The molecule has 1 aromatic carbocycles. The molecule has 4 fully saturated rings. The van der Waals surface area contributed by atoms with Gasteiger partial charge in [-0.05, 0) is 37.0 Å². The summed E-state index contributed by atoms with van der Waals surface area (Å²) < 4.78 is 7.86. The van der Waals surface area contributed by atoms with Gasteiger partial charge in [0.25, 0.3) is 0 Å². The van der Waals surface area contributed by atoms with Crippen LogP contribution in [0.15, 0.2) is 42.6 Å². The number of rotatable bonds is 4. The van der Waals surface area contributed by atoms with Crippen LogP contribution in [0.4, 0.5) is 5.69 Å². The minimum absolute atomic E-state index is 0.0406. The van der Waals surface area contributed by atoms with Gasteiger partial charge in [-0.25, -0.2) is 9.50 Å². The summed E-state index contributed by atoms with van der Waals surface area (Å²) in [5, 5.41) is 24.3. The summed E-state index contributed by atoms with van der Waals surface area (Å²) >= 11 is 0. The maximum Gasteiger partial charge on any atom is 0.184 e. The van der Waals surface area contributed by atoms with Gasteiger partial charge in [0.2, 0.25) is 0 Å². The maximum atomic E-state index is 9.79. The molecule has 0 amide bonds. The molecule has 2 aromatic heterocycles. The third kappa shape index (κ3) is 2.52. The standard InChI is InChI=1S/C24H25N5O2/c1-16-9-19(28-8-7-18(11-28)17-5-3-2-4-6-17)12-29-21(16)26-22(27-29)24-13-23(14-30,15-31-24)20(24)10-25/h2-6,9,12,18,20,30H,7-8,11,13-15H2,1H3. The Hall–Kier alpha value is -2.95. The van der Waals surface area contributed by atoms with Crippen LogP contribution in [0.25, 0.3) is 5.65 Å². The molecular weight excluding hydrogens is 390 g/mol. The lowest BCUT2D eigenvalue weighted by atomic mass is 9.54. The lowest BCUT2D eigenvalue weighted by molar-refractivity contribution is -0.0816. The summed E-state index contributed by atoms with van der Waals surface area (Å²) in [6.45, 7) is 4.39. The van der Waals surface area contributed by atoms with Crippen LogP contribution in [0.1, 0.15) is 35.7 Å². The van der Waals surface area contributed by atoms with Crippen molar-refractivity contribution in [2.24, 2.45) is 11.3 Å². The quantitative estimate of drug-likeness (QED) is 0.705. The number of aryl methyl sites for hydroxylation is 1. The Morgan fingerprint density at radius 2 is 2.16 bits per heavy atom. The summed E-state index contributed by atoms with van der Waals surface area (Å²) in [5.74, 6) is 0.684. The molecule has 3 aliphatic heterocycles. The molecule has 4 aliphatic rings. The molecule has 0 spiro atoms. The van der Waals surface area contributed by atoms with Gasteiger partial charge in [0.15, 0.2) is 11.5 Å². The third-order valence-corrected chi connectivity index (χ3v) is 7.56. The lowest BCUT2D eigenvalue weighted by Crippen LogP contribution is -2.54. The summed E-state index contributed by atoms with van der Waals surface area (Å²) in [6.07, 6.45) is 3.77. The van der Waals surface area contributed by atoms with Crippen LogP contribution in [0.3, 0.4) is 0 Å². The summed E-state index contributed by atoms with van der Waals surface area (Å²) in [4.78, 5) is 7.18. The number of anilines is 1. The van der Waals surface area contributed by atoms with Crippen molar-refractivity contribution in [3.63, 3.8) is 0 Å². The molecule has 158 valence electrons. The summed E-state index contributed by atoms with van der Waals surface area (Å²) in [6, 6.07) is 15.2. The number of nitrogens with zero attached hydrogens (tertiary/aromatic N) is 5. The molecule has 1 N–H and O–H groups in total. The van der Waals surface area contributed by atoms with E-state index in [1.807, 2.05) is 10.7 Å². The van der Waals surface area contributed by atoms with Crippen molar-refractivity contribution >= 4 is 11.3 Å². The number of pyridine rings is 1. The molecule has 5 heterocycles. The second-order valence-electron chi connectivity index (χ2n) is 9.36. The van der Waals surface area contributed by atoms with Crippen molar-refractivity contribution in [3.8, 4) is 6.07 Å². The van der Waals surface area contributed by atoms with E-state index in [2.05, 4.69) is 54.3 Å². The van der Waals surface area contributed by atoms with Gasteiger partial charge in [0.1, 0.15) is 5.60 Å². The summed E-state index contributed by atoms with van der Waals surface area (Å²) in [5.41, 5.74) is 3.12. The van der Waals surface area contributed by atoms with E-state index >= 15 is 0 Å². The second kappa shape index (κ2) is 6.52. The predicted octanol–water partition coefficient (Wildman–Crippen LogP) is 2.78. The fourth-order valence-electron chi connectivity index (χ4n) is 5.81. The molecule has 0 radical (unpaired) electrons. The average molecular weight is 415 g/mol. The molecule has 1 saturated carbocycles. The fourth-order valence-corrected chi connectivity index (χ4v) is 5.81. The van der Waals surface area contributed by atoms with Crippen LogP contribution < -0.4 is 4.90 Å². The number of ether oxygens (including phenoxy) is 1. The molecule has 7 rings (SSSR count). The predicted molar refractivity (Wildman–Crippen MR) is 115 cm³/mol. The Bertz CT molecular complexity index is 1200. The second-order valence-corrected chi connectivity index (χ2v) is 9.36. The Kier molecular flexibility index (Phi) is 3.95. The Morgan fingerprint density at radius 1 is 1.32 bits per heavy atom. The smallest absolute Gasteiger partial charge is 0.184 e. The van der Waals surface area contributed by atoms with Gasteiger partial charge in [-0.3, -0.25) is 0 Å². The van der Waals surface area contributed by atoms with Crippen LogP contribution in [0.2, 0.25) is 0 Å². The monoisotopic (exact) mass is 415 g/mol. The number of hydrogen-bond acceptors (Lipinski definition) is 6. The number of benzene rings is 1. The van der Waals surface area contributed by atoms with Crippen molar-refractivity contribution in [2.45, 2.75) is 31.3 Å². The third-order valence-electron chi connectivity index (χ3n) is 7.56. The van der Waals surface area contributed by atoms with Crippen molar-refractivity contribution in [2.75, 3.05) is 31.2 Å². The van der Waals surface area contributed by atoms with E-state index in [-0.39, 0.29) is 6.61 Å². The molecule has 4 unspecified atom stereocenters. The Balaban J connectivity index is 1.31. The Morgan fingerprint density at radius 3 is 2.94 bits per heavy atom. The fraction of sp³-hybridized carbons (Fsp3) is 0.458. The number of fused-ring (bicyclic) bond motifs is 2. The van der Waals surface area contributed by atoms with E-state index in [1.165, 1.54) is 5.56 Å². The normalized spacial score (nSPS) is 31.7. The van der Waals surface area contributed by atoms with Gasteiger partial charge < -0.3 is 14.7 Å². The largest absolute Gasteiger partial charge is 0.396 e. The van der Waals surface area contributed by atoms with Crippen molar-refractivity contribution in [1.82, 2.24) is 14.6 Å². The van der Waals surface area contributed by atoms with Gasteiger partial charge in [0.05, 0.1) is 37.1 Å². The van der Waals surface area contributed by atoms with Gasteiger partial charge in [-0.15, -0.1) is 5.10 Å². The Labute approximate surface area is 180 Å². The average Bonchev–Trinajstić information content (AvgIpc) is 3.55. The van der Waals surface area contributed by atoms with Crippen LogP contribution in [0, 0.1) is 29.6 Å². The number of nitriles is 1. The minimum Gasteiger partial charge on any atom is -0.396 e. The minimum atomic E-state index is -0.790. The zero-order valence-electron chi connectivity index (χ0n) is 17.5. The number of aliphatic hydroxyl groups is 1. The van der Waals surface area contributed by atoms with E-state index in [9.17, 15) is 10.4 Å². The first-order chi connectivity index (χ1) is 15.1. The molecule has 31 heavy (non-hydrogen) atoms. The molecule has 2 bridgehead atoms. The first-order valence-electron chi connectivity index (χ1n) is 10.9. The van der Waals surface area contributed by atoms with Gasteiger partial charge in [-0.1, -0.05) is 30.3 Å². The van der Waals surface area contributed by atoms with E-state index in [4.69, 9.17) is 14.8 Å². The number of aromatic nitrogens is 3. The van der Waals surface area contributed by atoms with Gasteiger partial charge in [0, 0.05) is 24.4 Å². The zero-order valence-corrected chi connectivity index (χ0v) is 17.5. The van der Waals surface area contributed by atoms with Crippen molar-refractivity contribution in [3.05, 3.63) is 59.5 Å². The topological polar surface area (TPSA) is 86.7 Å². The first-order valence-corrected chi connectivity index (χ1v) is 10.9. The molecule has 1 aliphatic carbocycles. The van der Waals surface area contributed by atoms with Crippen molar-refractivity contribution in [1.29, 1.82) is 5.26 Å². The van der Waals surface area contributed by atoms with E-state index in [1.54, 1.807) is 0 Å². The highest BCUT2D eigenvalue weighted by atomic mass is 16.5. The van der Waals surface area contributed by atoms with E-state index < -0.39 is 16.9 Å². The molecule has 4 atom stereocenters. The zero-order chi connectivity index (χ0) is 21.2. The first kappa shape index (κ1) is 18.8. The van der Waals surface area contributed by atoms with Crippen LogP contribution in [-0.2, 0) is 10.3 Å². The van der Waals surface area contributed by atoms with Crippen LogP contribution in [-0.4, -0.2) is 46.0 Å². The number of hydrogen-bond donors (Lipinski definition) is 1. The highest BCUT2D eigenvalue weighted by Gasteiger charge is 2.73. The highest BCUT2D eigenvalue weighted by Crippen LogP contribution is 2.66. The van der Waals surface area contributed by atoms with Crippen molar-refractivity contribution < 1.29 is 9.84 Å². The highest BCUT2D eigenvalue weighted by molar-refractivity contribution is 5.58. The molecule has 3 saturated heterocycles. The van der Waals surface area contributed by atoms with E-state index in [0.717, 1.165) is 36.4 Å². The lowest BCUT2D eigenvalue weighted by Gasteiger charge is -2.46. The maximum absolute atomic E-state index is 9.79. The molecule has 7 nitrogen and oxygen atoms in total.